The monoisotopic (exact) mass is 620 g/mol. The molecule has 1 amide bonds. The van der Waals surface area contributed by atoms with E-state index in [4.69, 9.17) is 9.47 Å². The lowest BCUT2D eigenvalue weighted by Crippen LogP contribution is -2.26. The van der Waals surface area contributed by atoms with Crippen molar-refractivity contribution in [2.24, 2.45) is 0 Å². The van der Waals surface area contributed by atoms with Crippen molar-refractivity contribution in [3.8, 4) is 11.5 Å². The molecule has 230 valence electrons. The first-order valence-electron chi connectivity index (χ1n) is 14.2. The zero-order valence-corrected chi connectivity index (χ0v) is 25.6. The van der Waals surface area contributed by atoms with E-state index in [0.29, 0.717) is 18.8 Å². The third-order valence-corrected chi connectivity index (χ3v) is 8.72. The van der Waals surface area contributed by atoms with Crippen molar-refractivity contribution >= 4 is 21.6 Å². The number of nitrogens with zero attached hydrogens (tertiary/aromatic N) is 1. The van der Waals surface area contributed by atoms with Crippen LogP contribution in [-0.4, -0.2) is 32.4 Å². The molecule has 0 atom stereocenters. The Kier molecular flexibility index (Phi) is 8.92. The van der Waals surface area contributed by atoms with Crippen LogP contribution in [-0.2, 0) is 39.7 Å². The Bertz CT molecular complexity index is 1750. The van der Waals surface area contributed by atoms with E-state index in [2.05, 4.69) is 25.5 Å². The van der Waals surface area contributed by atoms with Crippen molar-refractivity contribution in [3.05, 3.63) is 119 Å². The molecule has 1 N–H and O–H groups in total. The first kappa shape index (κ1) is 31.0. The van der Waals surface area contributed by atoms with Crippen molar-refractivity contribution in [1.82, 2.24) is 4.90 Å². The molecule has 44 heavy (non-hydrogen) atoms. The molecule has 0 aromatic heterocycles. The predicted molar refractivity (Wildman–Crippen MR) is 164 cm³/mol. The summed E-state index contributed by atoms with van der Waals surface area (Å²) in [5.74, 6) is -0.555. The lowest BCUT2D eigenvalue weighted by molar-refractivity contribution is -0.131. The van der Waals surface area contributed by atoms with E-state index < -0.39 is 15.8 Å². The second-order valence-corrected chi connectivity index (χ2v) is 13.4. The van der Waals surface area contributed by atoms with Crippen molar-refractivity contribution < 1.29 is 31.5 Å². The number of carbonyl (C=O) groups excluding carboxylic acids is 1. The largest absolute Gasteiger partial charge is 0.490 e. The number of amides is 1. The van der Waals surface area contributed by atoms with Crippen molar-refractivity contribution in [1.29, 1.82) is 0 Å². The molecule has 0 fully saturated rings. The molecule has 0 radical (unpaired) electrons. The summed E-state index contributed by atoms with van der Waals surface area (Å²) >= 11 is 0. The van der Waals surface area contributed by atoms with Gasteiger partial charge in [-0.2, -0.15) is 0 Å². The van der Waals surface area contributed by atoms with E-state index in [-0.39, 0.29) is 53.1 Å². The van der Waals surface area contributed by atoms with Gasteiger partial charge in [0.25, 0.3) is 10.0 Å². The van der Waals surface area contributed by atoms with E-state index >= 15 is 0 Å². The van der Waals surface area contributed by atoms with Crippen LogP contribution in [0.3, 0.4) is 0 Å². The van der Waals surface area contributed by atoms with Gasteiger partial charge >= 0.3 is 0 Å². The maximum absolute atomic E-state index is 14.8. The summed E-state index contributed by atoms with van der Waals surface area (Å²) in [7, 11) is -4.11. The number of halogens is 2. The molecule has 0 spiro atoms. The average Bonchev–Trinajstić information content (AvgIpc) is 3.41. The quantitative estimate of drug-likeness (QED) is 0.202. The fourth-order valence-electron chi connectivity index (χ4n) is 4.85. The van der Waals surface area contributed by atoms with Crippen LogP contribution >= 0.6 is 0 Å². The number of hydrogen-bond donors (Lipinski definition) is 1. The molecular formula is C34H34F2N2O5S. The third-order valence-electron chi connectivity index (χ3n) is 7.36. The zero-order chi connectivity index (χ0) is 31.5. The van der Waals surface area contributed by atoms with E-state index in [9.17, 15) is 22.0 Å². The SMILES string of the molecule is CC(C)(C)c1ccc(CC(=O)N2Cc3ccc(S(=O)(=O)Nc4ccc(OCCOc5ccc(F)cc5)cc4F)cc3C2)cc1. The van der Waals surface area contributed by atoms with Crippen LogP contribution in [0.4, 0.5) is 14.5 Å². The number of carbonyl (C=O) groups is 1. The van der Waals surface area contributed by atoms with Crippen LogP contribution < -0.4 is 14.2 Å². The van der Waals surface area contributed by atoms with Gasteiger partial charge in [0.05, 0.1) is 17.0 Å². The normalized spacial score (nSPS) is 13.0. The first-order chi connectivity index (χ1) is 20.9. The topological polar surface area (TPSA) is 84.9 Å². The highest BCUT2D eigenvalue weighted by atomic mass is 32.2. The highest BCUT2D eigenvalue weighted by Crippen LogP contribution is 2.29. The number of sulfonamides is 1. The van der Waals surface area contributed by atoms with Gasteiger partial charge in [-0.05, 0) is 76.2 Å². The Morgan fingerprint density at radius 3 is 2.11 bits per heavy atom. The first-order valence-corrected chi connectivity index (χ1v) is 15.7. The Labute approximate surface area is 256 Å². The molecule has 10 heteroatoms. The molecule has 1 aliphatic rings. The van der Waals surface area contributed by atoms with Gasteiger partial charge in [-0.25, -0.2) is 17.2 Å². The van der Waals surface area contributed by atoms with E-state index in [1.807, 2.05) is 24.3 Å². The van der Waals surface area contributed by atoms with Gasteiger partial charge in [0.1, 0.15) is 30.5 Å². The van der Waals surface area contributed by atoms with Crippen LogP contribution in [0.1, 0.15) is 43.0 Å². The van der Waals surface area contributed by atoms with Crippen LogP contribution in [0.25, 0.3) is 0 Å². The molecule has 4 aromatic carbocycles. The van der Waals surface area contributed by atoms with Crippen LogP contribution in [0.5, 0.6) is 11.5 Å². The van der Waals surface area contributed by atoms with Gasteiger partial charge in [0.15, 0.2) is 5.82 Å². The molecule has 1 aliphatic heterocycles. The van der Waals surface area contributed by atoms with Gasteiger partial charge in [0, 0.05) is 19.2 Å². The van der Waals surface area contributed by atoms with Gasteiger partial charge < -0.3 is 14.4 Å². The molecule has 0 saturated heterocycles. The number of benzene rings is 4. The number of anilines is 1. The third kappa shape index (κ3) is 7.55. The molecule has 5 rings (SSSR count). The lowest BCUT2D eigenvalue weighted by Gasteiger charge is -2.19. The Morgan fingerprint density at radius 1 is 0.818 bits per heavy atom. The summed E-state index contributed by atoms with van der Waals surface area (Å²) in [6.45, 7) is 7.35. The molecule has 7 nitrogen and oxygen atoms in total. The summed E-state index contributed by atoms with van der Waals surface area (Å²) in [6, 6.07) is 22.0. The standard InChI is InChI=1S/C34H34F2N2O5S/c1-34(2,3)26-7-4-23(5-8-26)18-33(39)38-21-24-6-14-30(19-25(24)22-38)44(40,41)37-32-15-13-29(20-31(32)36)43-17-16-42-28-11-9-27(35)10-12-28/h4-15,19-20,37H,16-18,21-22H2,1-3H3. The minimum atomic E-state index is -4.11. The number of nitrogens with one attached hydrogen (secondary N) is 1. The lowest BCUT2D eigenvalue weighted by atomic mass is 9.86. The minimum absolute atomic E-state index is 0.0269. The number of rotatable bonds is 10. The van der Waals surface area contributed by atoms with E-state index in [1.54, 1.807) is 11.0 Å². The maximum Gasteiger partial charge on any atom is 0.261 e. The van der Waals surface area contributed by atoms with E-state index in [1.165, 1.54) is 54.1 Å². The highest BCUT2D eigenvalue weighted by Gasteiger charge is 2.26. The van der Waals surface area contributed by atoms with Crippen molar-refractivity contribution in [2.75, 3.05) is 17.9 Å². The van der Waals surface area contributed by atoms with Crippen LogP contribution in [0.2, 0.25) is 0 Å². The molecule has 0 saturated carbocycles. The maximum atomic E-state index is 14.8. The Balaban J connectivity index is 1.16. The predicted octanol–water partition coefficient (Wildman–Crippen LogP) is 6.61. The fraction of sp³-hybridized carbons (Fsp3) is 0.265. The number of hydrogen-bond acceptors (Lipinski definition) is 5. The molecular weight excluding hydrogens is 586 g/mol. The second kappa shape index (κ2) is 12.7. The molecule has 4 aromatic rings. The van der Waals surface area contributed by atoms with Crippen LogP contribution in [0, 0.1) is 11.6 Å². The molecule has 0 bridgehead atoms. The number of ether oxygens (including phenoxy) is 2. The number of fused-ring (bicyclic) bond motifs is 1. The van der Waals surface area contributed by atoms with Gasteiger partial charge in [0.2, 0.25) is 5.91 Å². The van der Waals surface area contributed by atoms with Gasteiger partial charge in [-0.15, -0.1) is 0 Å². The Hall–Kier alpha value is -4.44. The summed E-state index contributed by atoms with van der Waals surface area (Å²) in [5.41, 5.74) is 3.52. The van der Waals surface area contributed by atoms with E-state index in [0.717, 1.165) is 22.8 Å². The zero-order valence-electron chi connectivity index (χ0n) is 24.8. The fourth-order valence-corrected chi connectivity index (χ4v) is 5.96. The average molecular weight is 621 g/mol. The summed E-state index contributed by atoms with van der Waals surface area (Å²) in [6.07, 6.45) is 0.255. The van der Waals surface area contributed by atoms with Gasteiger partial charge in [-0.1, -0.05) is 51.1 Å². The minimum Gasteiger partial charge on any atom is -0.490 e. The molecule has 0 aliphatic carbocycles. The summed E-state index contributed by atoms with van der Waals surface area (Å²) in [5, 5.41) is 0. The van der Waals surface area contributed by atoms with Crippen LogP contribution in [0.15, 0.2) is 89.8 Å². The van der Waals surface area contributed by atoms with Gasteiger partial charge in [-0.3, -0.25) is 9.52 Å². The molecule has 0 unspecified atom stereocenters. The highest BCUT2D eigenvalue weighted by molar-refractivity contribution is 7.92. The summed E-state index contributed by atoms with van der Waals surface area (Å²) < 4.78 is 67.3. The second-order valence-electron chi connectivity index (χ2n) is 11.7. The van der Waals surface area contributed by atoms with Crippen molar-refractivity contribution in [3.63, 3.8) is 0 Å². The summed E-state index contributed by atoms with van der Waals surface area (Å²) in [4.78, 5) is 14.7. The molecule has 1 heterocycles. The smallest absolute Gasteiger partial charge is 0.261 e. The Morgan fingerprint density at radius 2 is 1.45 bits per heavy atom. The van der Waals surface area contributed by atoms with Crippen molar-refractivity contribution in [2.45, 2.75) is 50.6 Å².